The van der Waals surface area contributed by atoms with Crippen LogP contribution in [0, 0.1) is 16.7 Å². The van der Waals surface area contributed by atoms with E-state index in [1.807, 2.05) is 6.07 Å². The van der Waals surface area contributed by atoms with E-state index in [1.54, 1.807) is 13.8 Å². The zero-order valence-corrected chi connectivity index (χ0v) is 11.2. The predicted octanol–water partition coefficient (Wildman–Crippen LogP) is 0.840. The van der Waals surface area contributed by atoms with Crippen LogP contribution < -0.4 is 0 Å². The number of carbonyl (C=O) groups is 2. The molecule has 1 aliphatic rings. The Morgan fingerprint density at radius 3 is 2.79 bits per heavy atom. The summed E-state index contributed by atoms with van der Waals surface area (Å²) >= 11 is 0. The normalized spacial score (nSPS) is 26.1. The minimum Gasteiger partial charge on any atom is -0.465 e. The summed E-state index contributed by atoms with van der Waals surface area (Å²) in [6.07, 6.45) is 0.385. The van der Waals surface area contributed by atoms with Gasteiger partial charge in [-0.05, 0) is 13.8 Å². The maximum atomic E-state index is 12.0. The van der Waals surface area contributed by atoms with Gasteiger partial charge < -0.3 is 14.4 Å². The van der Waals surface area contributed by atoms with Gasteiger partial charge in [-0.15, -0.1) is 6.58 Å². The van der Waals surface area contributed by atoms with Gasteiger partial charge in [0.1, 0.15) is 0 Å². The van der Waals surface area contributed by atoms with Crippen LogP contribution in [0.2, 0.25) is 0 Å². The van der Waals surface area contributed by atoms with Gasteiger partial charge in [0.25, 0.3) is 0 Å². The molecule has 0 radical (unpaired) electrons. The van der Waals surface area contributed by atoms with Gasteiger partial charge in [0.2, 0.25) is 11.3 Å². The molecule has 1 fully saturated rings. The number of hydrogen-bond acceptors (Lipinski definition) is 5. The van der Waals surface area contributed by atoms with Crippen LogP contribution in [0.4, 0.5) is 0 Å². The lowest BCUT2D eigenvalue weighted by Crippen LogP contribution is -2.47. The van der Waals surface area contributed by atoms with Crippen molar-refractivity contribution in [1.29, 1.82) is 5.26 Å². The Kier molecular flexibility index (Phi) is 5.07. The van der Waals surface area contributed by atoms with E-state index in [0.717, 1.165) is 0 Å². The molecule has 1 rings (SSSR count). The third-order valence-corrected chi connectivity index (χ3v) is 2.94. The van der Waals surface area contributed by atoms with E-state index in [-0.39, 0.29) is 32.1 Å². The van der Waals surface area contributed by atoms with Crippen LogP contribution in [0.1, 0.15) is 20.3 Å². The summed E-state index contributed by atoms with van der Waals surface area (Å²) in [6, 6.07) is 1.92. The average Bonchev–Trinajstić information content (AvgIpc) is 2.66. The van der Waals surface area contributed by atoms with Gasteiger partial charge in [-0.1, -0.05) is 6.08 Å². The molecule has 0 aliphatic carbocycles. The third-order valence-electron chi connectivity index (χ3n) is 2.94. The number of amides is 1. The highest BCUT2D eigenvalue weighted by Gasteiger charge is 2.59. The van der Waals surface area contributed by atoms with Crippen molar-refractivity contribution in [3.05, 3.63) is 12.7 Å². The molecular formula is C13H18N2O4. The Morgan fingerprint density at radius 2 is 2.32 bits per heavy atom. The van der Waals surface area contributed by atoms with Gasteiger partial charge in [-0.3, -0.25) is 9.59 Å². The van der Waals surface area contributed by atoms with Crippen LogP contribution in [-0.2, 0) is 19.1 Å². The van der Waals surface area contributed by atoms with Gasteiger partial charge in [0, 0.05) is 13.2 Å². The first-order chi connectivity index (χ1) is 9.07. The summed E-state index contributed by atoms with van der Waals surface area (Å²) in [7, 11) is 0. The van der Waals surface area contributed by atoms with Gasteiger partial charge in [0.15, 0.2) is 6.23 Å². The molecule has 0 bridgehead atoms. The lowest BCUT2D eigenvalue weighted by molar-refractivity contribution is -0.164. The lowest BCUT2D eigenvalue weighted by Gasteiger charge is -2.30. The Morgan fingerprint density at radius 1 is 1.63 bits per heavy atom. The summed E-state index contributed by atoms with van der Waals surface area (Å²) in [4.78, 5) is 25.4. The molecule has 1 saturated heterocycles. The van der Waals surface area contributed by atoms with Gasteiger partial charge in [-0.2, -0.15) is 5.26 Å². The molecule has 1 heterocycles. The second-order valence-corrected chi connectivity index (χ2v) is 4.12. The summed E-state index contributed by atoms with van der Waals surface area (Å²) in [5.41, 5.74) is -1.59. The van der Waals surface area contributed by atoms with E-state index >= 15 is 0 Å². The van der Waals surface area contributed by atoms with Gasteiger partial charge in [-0.25, -0.2) is 0 Å². The average molecular weight is 266 g/mol. The quantitative estimate of drug-likeness (QED) is 0.525. The highest BCUT2D eigenvalue weighted by molar-refractivity contribution is 5.92. The first kappa shape index (κ1) is 15.2. The van der Waals surface area contributed by atoms with Crippen LogP contribution in [-0.4, -0.2) is 42.8 Å². The van der Waals surface area contributed by atoms with E-state index in [0.29, 0.717) is 0 Å². The molecule has 0 aromatic heterocycles. The predicted molar refractivity (Wildman–Crippen MR) is 66.6 cm³/mol. The Bertz CT molecular complexity index is 415. The molecule has 0 N–H and O–H groups in total. The number of ether oxygens (including phenoxy) is 2. The van der Waals surface area contributed by atoms with Crippen molar-refractivity contribution < 1.29 is 19.1 Å². The topological polar surface area (TPSA) is 79.6 Å². The molecule has 104 valence electrons. The Balaban J connectivity index is 3.15. The van der Waals surface area contributed by atoms with Crippen molar-refractivity contribution in [2.24, 2.45) is 5.41 Å². The van der Waals surface area contributed by atoms with Crippen molar-refractivity contribution in [3.63, 3.8) is 0 Å². The fourth-order valence-electron chi connectivity index (χ4n) is 2.12. The van der Waals surface area contributed by atoms with Crippen LogP contribution in [0.3, 0.4) is 0 Å². The first-order valence-electron chi connectivity index (χ1n) is 6.17. The van der Waals surface area contributed by atoms with Crippen molar-refractivity contribution in [3.8, 4) is 6.07 Å². The monoisotopic (exact) mass is 266 g/mol. The number of nitrogens with zero attached hydrogens (tertiary/aromatic N) is 2. The van der Waals surface area contributed by atoms with Gasteiger partial charge in [0.05, 0.1) is 19.1 Å². The minimum absolute atomic E-state index is 0.150. The van der Waals surface area contributed by atoms with Crippen LogP contribution >= 0.6 is 0 Å². The molecule has 0 unspecified atom stereocenters. The van der Waals surface area contributed by atoms with Crippen molar-refractivity contribution >= 4 is 11.9 Å². The van der Waals surface area contributed by atoms with Crippen molar-refractivity contribution in [2.75, 3.05) is 19.8 Å². The standard InChI is InChI=1S/C13H18N2O4/c1-4-7-15-10(16)8-13(9-14,11(15)18-5-2)12(17)19-6-3/h4,11H,1,5-8H2,2-3H3/t11-,13-/m1/s1. The maximum absolute atomic E-state index is 12.0. The number of nitriles is 1. The second-order valence-electron chi connectivity index (χ2n) is 4.12. The van der Waals surface area contributed by atoms with Gasteiger partial charge >= 0.3 is 5.97 Å². The van der Waals surface area contributed by atoms with E-state index in [2.05, 4.69) is 6.58 Å². The largest absolute Gasteiger partial charge is 0.465 e. The Labute approximate surface area is 112 Å². The zero-order chi connectivity index (χ0) is 14.5. The summed E-state index contributed by atoms with van der Waals surface area (Å²) < 4.78 is 10.4. The highest BCUT2D eigenvalue weighted by Crippen LogP contribution is 2.39. The minimum atomic E-state index is -1.59. The second kappa shape index (κ2) is 6.34. The summed E-state index contributed by atoms with van der Waals surface area (Å²) in [5.74, 6) is -1.02. The van der Waals surface area contributed by atoms with Crippen molar-refractivity contribution in [2.45, 2.75) is 26.5 Å². The number of hydrogen-bond donors (Lipinski definition) is 0. The van der Waals surface area contributed by atoms with Crippen LogP contribution in [0.25, 0.3) is 0 Å². The van der Waals surface area contributed by atoms with Crippen molar-refractivity contribution in [1.82, 2.24) is 4.90 Å². The smallest absolute Gasteiger partial charge is 0.331 e. The molecule has 2 atom stereocenters. The van der Waals surface area contributed by atoms with E-state index < -0.39 is 17.6 Å². The fraction of sp³-hybridized carbons (Fsp3) is 0.615. The number of carbonyl (C=O) groups excluding carboxylic acids is 2. The molecule has 0 spiro atoms. The van der Waals surface area contributed by atoms with E-state index in [1.165, 1.54) is 11.0 Å². The van der Waals surface area contributed by atoms with E-state index in [9.17, 15) is 14.9 Å². The summed E-state index contributed by atoms with van der Waals surface area (Å²) in [6.45, 7) is 7.61. The number of rotatable bonds is 6. The molecule has 1 amide bonds. The molecule has 1 aliphatic heterocycles. The highest BCUT2D eigenvalue weighted by atomic mass is 16.5. The molecule has 0 aromatic rings. The lowest BCUT2D eigenvalue weighted by atomic mass is 9.87. The zero-order valence-electron chi connectivity index (χ0n) is 11.2. The van der Waals surface area contributed by atoms with Crippen LogP contribution in [0.15, 0.2) is 12.7 Å². The maximum Gasteiger partial charge on any atom is 0.331 e. The molecule has 6 heteroatoms. The molecule has 0 aromatic carbocycles. The number of likely N-dealkylation sites (tertiary alicyclic amines) is 1. The number of esters is 1. The SMILES string of the molecule is C=CCN1C(=O)C[C@](C#N)(C(=O)OCC)[C@H]1OCC. The molecule has 0 saturated carbocycles. The summed E-state index contributed by atoms with van der Waals surface area (Å²) in [5, 5.41) is 9.38. The third kappa shape index (κ3) is 2.61. The fourth-order valence-corrected chi connectivity index (χ4v) is 2.12. The molecule has 6 nitrogen and oxygen atoms in total. The molecule has 19 heavy (non-hydrogen) atoms. The Hall–Kier alpha value is -1.87. The first-order valence-corrected chi connectivity index (χ1v) is 6.17. The van der Waals surface area contributed by atoms with Crippen LogP contribution in [0.5, 0.6) is 0 Å². The van der Waals surface area contributed by atoms with E-state index in [4.69, 9.17) is 9.47 Å². The molecular weight excluding hydrogens is 248 g/mol.